The number of nitrogens with two attached hydrogens (primary N) is 1. The largest absolute Gasteiger partial charge is 0.490 e. The van der Waals surface area contributed by atoms with Gasteiger partial charge in [-0.1, -0.05) is 15.9 Å². The number of fused-ring (bicyclic) bond motifs is 4. The van der Waals surface area contributed by atoms with Gasteiger partial charge in [-0.05, 0) is 31.0 Å². The van der Waals surface area contributed by atoms with E-state index in [1.54, 1.807) is 0 Å². The number of rotatable bonds is 0. The maximum atomic E-state index is 9.94. The number of aliphatic hydroxyl groups excluding tert-OH is 1. The first-order valence-electron chi connectivity index (χ1n) is 7.21. The Labute approximate surface area is 131 Å². The molecule has 2 aliphatic heterocycles. The van der Waals surface area contributed by atoms with Crippen molar-refractivity contribution < 1.29 is 14.6 Å². The van der Waals surface area contributed by atoms with E-state index in [0.29, 0.717) is 13.0 Å². The molecule has 1 aromatic carbocycles. The second kappa shape index (κ2) is 4.61. The highest BCUT2D eigenvalue weighted by Crippen LogP contribution is 2.52. The van der Waals surface area contributed by atoms with E-state index in [1.165, 1.54) is 0 Å². The van der Waals surface area contributed by atoms with Crippen LogP contribution in [0.15, 0.2) is 27.7 Å². The van der Waals surface area contributed by atoms with Gasteiger partial charge in [-0.25, -0.2) is 4.99 Å². The van der Waals surface area contributed by atoms with Crippen molar-refractivity contribution in [3.05, 3.63) is 28.2 Å². The van der Waals surface area contributed by atoms with Crippen LogP contribution in [0.5, 0.6) is 5.75 Å². The quantitative estimate of drug-likeness (QED) is 0.747. The number of aliphatic hydroxyl groups is 1. The maximum Gasteiger partial charge on any atom is 0.283 e. The van der Waals surface area contributed by atoms with Crippen LogP contribution in [0, 0.1) is 5.92 Å². The minimum atomic E-state index is -0.480. The van der Waals surface area contributed by atoms with Gasteiger partial charge in [0.15, 0.2) is 0 Å². The molecule has 5 nitrogen and oxygen atoms in total. The van der Waals surface area contributed by atoms with E-state index in [1.807, 2.05) is 18.2 Å². The van der Waals surface area contributed by atoms with Crippen molar-refractivity contribution in [3.63, 3.8) is 0 Å². The van der Waals surface area contributed by atoms with E-state index < -0.39 is 5.54 Å². The van der Waals surface area contributed by atoms with E-state index in [4.69, 9.17) is 15.2 Å². The molecule has 1 aliphatic carbocycles. The van der Waals surface area contributed by atoms with Crippen LogP contribution < -0.4 is 10.5 Å². The van der Waals surface area contributed by atoms with E-state index in [0.717, 1.165) is 28.6 Å². The number of hydrogen-bond donors (Lipinski definition) is 2. The summed E-state index contributed by atoms with van der Waals surface area (Å²) in [6, 6.07) is 6.19. The van der Waals surface area contributed by atoms with Crippen LogP contribution in [0.1, 0.15) is 24.8 Å². The Bertz CT molecular complexity index is 621. The lowest BCUT2D eigenvalue weighted by Gasteiger charge is -2.47. The Kier molecular flexibility index (Phi) is 2.94. The van der Waals surface area contributed by atoms with Gasteiger partial charge >= 0.3 is 0 Å². The lowest BCUT2D eigenvalue weighted by Crippen LogP contribution is -2.51. The van der Waals surface area contributed by atoms with E-state index in [9.17, 15) is 5.11 Å². The number of benzene rings is 1. The average molecular weight is 353 g/mol. The van der Waals surface area contributed by atoms with Gasteiger partial charge in [-0.2, -0.15) is 0 Å². The molecule has 2 unspecified atom stereocenters. The van der Waals surface area contributed by atoms with Crippen molar-refractivity contribution in [2.75, 3.05) is 6.61 Å². The molecule has 4 rings (SSSR count). The lowest BCUT2D eigenvalue weighted by molar-refractivity contribution is -0.0361. The smallest absolute Gasteiger partial charge is 0.283 e. The predicted octanol–water partition coefficient (Wildman–Crippen LogP) is 1.91. The number of amidine groups is 1. The van der Waals surface area contributed by atoms with Gasteiger partial charge in [-0.3, -0.25) is 0 Å². The summed E-state index contributed by atoms with van der Waals surface area (Å²) in [6.45, 7) is 0.447. The lowest BCUT2D eigenvalue weighted by atomic mass is 9.68. The molecule has 1 aromatic rings. The normalized spacial score (nSPS) is 37.2. The van der Waals surface area contributed by atoms with Crippen LogP contribution in [0.25, 0.3) is 0 Å². The van der Waals surface area contributed by atoms with E-state index >= 15 is 0 Å². The SMILES string of the molecule is NC1=NC2(CO1)c1cc(Br)ccc1O[C@H]1CC(O)CC[C@@H]12. The highest BCUT2D eigenvalue weighted by molar-refractivity contribution is 9.10. The molecule has 3 aliphatic rings. The average Bonchev–Trinajstić information content (AvgIpc) is 2.83. The molecule has 0 radical (unpaired) electrons. The summed E-state index contributed by atoms with van der Waals surface area (Å²) in [5.41, 5.74) is 6.35. The van der Waals surface area contributed by atoms with Gasteiger partial charge in [0.25, 0.3) is 6.02 Å². The summed E-state index contributed by atoms with van der Waals surface area (Å²) in [5, 5.41) is 9.94. The van der Waals surface area contributed by atoms with E-state index in [-0.39, 0.29) is 24.1 Å². The second-order valence-electron chi connectivity index (χ2n) is 6.03. The summed E-state index contributed by atoms with van der Waals surface area (Å²) in [7, 11) is 0. The molecule has 0 aromatic heterocycles. The Morgan fingerprint density at radius 1 is 1.38 bits per heavy atom. The highest BCUT2D eigenvalue weighted by atomic mass is 79.9. The fourth-order valence-electron chi connectivity index (χ4n) is 3.86. The minimum absolute atomic E-state index is 0.0410. The summed E-state index contributed by atoms with van der Waals surface area (Å²) in [4.78, 5) is 4.66. The molecule has 6 heteroatoms. The van der Waals surface area contributed by atoms with Gasteiger partial charge in [0.2, 0.25) is 0 Å². The molecule has 1 spiro atoms. The highest BCUT2D eigenvalue weighted by Gasteiger charge is 2.55. The van der Waals surface area contributed by atoms with Crippen molar-refractivity contribution in [1.29, 1.82) is 0 Å². The summed E-state index contributed by atoms with van der Waals surface area (Å²) >= 11 is 3.52. The number of aliphatic imine (C=N–C) groups is 1. The Hall–Kier alpha value is -1.27. The fourth-order valence-corrected chi connectivity index (χ4v) is 4.22. The molecule has 4 atom stereocenters. The molecular formula is C15H17BrN2O3. The number of nitrogens with zero attached hydrogens (tertiary/aromatic N) is 1. The molecular weight excluding hydrogens is 336 g/mol. The van der Waals surface area contributed by atoms with Crippen molar-refractivity contribution in [2.24, 2.45) is 16.6 Å². The standard InChI is InChI=1S/C15H17BrN2O3/c16-8-1-4-12-11(5-8)15(7-20-14(17)18-15)10-3-2-9(19)6-13(10)21-12/h1,4-5,9-10,13,19H,2-3,6-7H2,(H2,17,18)/t9?,10-,13-,15?/m0/s1. The maximum absolute atomic E-state index is 9.94. The van der Waals surface area contributed by atoms with Crippen molar-refractivity contribution in [1.82, 2.24) is 0 Å². The molecule has 21 heavy (non-hydrogen) atoms. The van der Waals surface area contributed by atoms with Crippen molar-refractivity contribution in [3.8, 4) is 5.75 Å². The summed E-state index contributed by atoms with van der Waals surface area (Å²) in [5.74, 6) is 0.999. The number of hydrogen-bond acceptors (Lipinski definition) is 5. The molecule has 3 N–H and O–H groups in total. The van der Waals surface area contributed by atoms with Gasteiger partial charge in [0.1, 0.15) is 24.0 Å². The van der Waals surface area contributed by atoms with Crippen LogP contribution in [-0.4, -0.2) is 29.9 Å². The summed E-state index contributed by atoms with van der Waals surface area (Å²) < 4.78 is 12.6. The number of halogens is 1. The van der Waals surface area contributed by atoms with Gasteiger partial charge in [0.05, 0.1) is 6.10 Å². The first-order chi connectivity index (χ1) is 10.1. The summed E-state index contributed by atoms with van der Waals surface area (Å²) in [6.07, 6.45) is 1.92. The molecule has 1 saturated carbocycles. The van der Waals surface area contributed by atoms with Gasteiger partial charge < -0.3 is 20.3 Å². The van der Waals surface area contributed by atoms with Crippen LogP contribution in [0.2, 0.25) is 0 Å². The van der Waals surface area contributed by atoms with Crippen LogP contribution >= 0.6 is 15.9 Å². The van der Waals surface area contributed by atoms with Crippen molar-refractivity contribution >= 4 is 22.0 Å². The van der Waals surface area contributed by atoms with Gasteiger partial charge in [-0.15, -0.1) is 0 Å². The third-order valence-electron chi connectivity index (χ3n) is 4.81. The van der Waals surface area contributed by atoms with Crippen LogP contribution in [-0.2, 0) is 10.3 Å². The third-order valence-corrected chi connectivity index (χ3v) is 5.31. The molecule has 0 amide bonds. The van der Waals surface area contributed by atoms with Crippen molar-refractivity contribution in [2.45, 2.75) is 37.0 Å². The molecule has 1 fully saturated rings. The zero-order valence-corrected chi connectivity index (χ0v) is 13.0. The third kappa shape index (κ3) is 1.96. The fraction of sp³-hybridized carbons (Fsp3) is 0.533. The Morgan fingerprint density at radius 2 is 2.24 bits per heavy atom. The molecule has 2 heterocycles. The van der Waals surface area contributed by atoms with Gasteiger partial charge in [0, 0.05) is 22.4 Å². The Morgan fingerprint density at radius 3 is 3.00 bits per heavy atom. The first kappa shape index (κ1) is 13.4. The second-order valence-corrected chi connectivity index (χ2v) is 6.95. The van der Waals surface area contributed by atoms with E-state index in [2.05, 4.69) is 20.9 Å². The zero-order valence-electron chi connectivity index (χ0n) is 11.5. The molecule has 112 valence electrons. The van der Waals surface area contributed by atoms with Crippen LogP contribution in [0.3, 0.4) is 0 Å². The first-order valence-corrected chi connectivity index (χ1v) is 8.01. The number of ether oxygens (including phenoxy) is 2. The minimum Gasteiger partial charge on any atom is -0.490 e. The monoisotopic (exact) mass is 352 g/mol. The molecule has 0 bridgehead atoms. The topological polar surface area (TPSA) is 77.1 Å². The Balaban J connectivity index is 1.87. The molecule has 0 saturated heterocycles. The predicted molar refractivity (Wildman–Crippen MR) is 81.2 cm³/mol. The zero-order chi connectivity index (χ0) is 14.6. The van der Waals surface area contributed by atoms with Crippen LogP contribution in [0.4, 0.5) is 0 Å².